The van der Waals surface area contributed by atoms with E-state index in [1.807, 2.05) is 0 Å². The molecular weight excluding hydrogens is 957 g/mol. The van der Waals surface area contributed by atoms with Crippen LogP contribution >= 0.6 is 0 Å². The highest BCUT2D eigenvalue weighted by atomic mass is 16.5. The van der Waals surface area contributed by atoms with Gasteiger partial charge in [0.2, 0.25) is 0 Å². The summed E-state index contributed by atoms with van der Waals surface area (Å²) in [5.74, 6) is 10.8. The summed E-state index contributed by atoms with van der Waals surface area (Å²) in [5.41, 5.74) is 0.480. The Balaban J connectivity index is 0.766. The molecule has 0 N–H and O–H groups in total. The first-order valence-electron chi connectivity index (χ1n) is 33.5. The molecule has 0 radical (unpaired) electrons. The van der Waals surface area contributed by atoms with E-state index in [2.05, 4.69) is 27.0 Å². The molecular formula is C69H114O8. The third kappa shape index (κ3) is 19.0. The first-order valence-corrected chi connectivity index (χ1v) is 33.5. The molecule has 7 fully saturated rings. The lowest BCUT2D eigenvalue weighted by Gasteiger charge is -2.44. The maximum atomic E-state index is 12.9. The molecule has 0 amide bonds. The van der Waals surface area contributed by atoms with Gasteiger partial charge < -0.3 is 18.9 Å². The van der Waals surface area contributed by atoms with Gasteiger partial charge in [-0.2, -0.15) is 0 Å². The number of carbonyl (C=O) groups is 4. The second-order valence-corrected chi connectivity index (χ2v) is 27.4. The second-order valence-electron chi connectivity index (χ2n) is 27.4. The first-order chi connectivity index (χ1) is 37.6. The van der Waals surface area contributed by atoms with Gasteiger partial charge >= 0.3 is 23.9 Å². The van der Waals surface area contributed by atoms with E-state index in [0.717, 1.165) is 79.4 Å². The molecule has 8 heteroatoms. The fourth-order valence-electron chi connectivity index (χ4n) is 18.3. The summed E-state index contributed by atoms with van der Waals surface area (Å²) in [6.07, 6.45) is 49.2. The van der Waals surface area contributed by atoms with Crippen molar-refractivity contribution in [1.29, 1.82) is 0 Å². The van der Waals surface area contributed by atoms with Crippen LogP contribution in [0.5, 0.6) is 0 Å². The predicted molar refractivity (Wildman–Crippen MR) is 311 cm³/mol. The summed E-state index contributed by atoms with van der Waals surface area (Å²) in [6, 6.07) is 0. The van der Waals surface area contributed by atoms with E-state index >= 15 is 0 Å². The van der Waals surface area contributed by atoms with Gasteiger partial charge in [0.25, 0.3) is 0 Å². The Morgan fingerprint density at radius 1 is 0.416 bits per heavy atom. The highest BCUT2D eigenvalue weighted by Crippen LogP contribution is 2.63. The van der Waals surface area contributed by atoms with Gasteiger partial charge in [-0.15, -0.1) is 0 Å². The number of fused-ring (bicyclic) bond motifs is 10. The van der Waals surface area contributed by atoms with Gasteiger partial charge in [0.1, 0.15) is 0 Å². The minimum atomic E-state index is -0.311. The summed E-state index contributed by atoms with van der Waals surface area (Å²) >= 11 is 0. The molecule has 0 heterocycles. The van der Waals surface area contributed by atoms with Crippen LogP contribution in [0.2, 0.25) is 0 Å². The van der Waals surface area contributed by atoms with E-state index in [1.165, 1.54) is 205 Å². The zero-order valence-corrected chi connectivity index (χ0v) is 49.7. The first kappa shape index (κ1) is 62.0. The van der Waals surface area contributed by atoms with Crippen LogP contribution in [-0.2, 0) is 38.1 Å². The van der Waals surface area contributed by atoms with Gasteiger partial charge in [-0.05, 0) is 192 Å². The van der Waals surface area contributed by atoms with Gasteiger partial charge in [-0.1, -0.05) is 168 Å². The number of hydrogen-bond donors (Lipinski definition) is 0. The van der Waals surface area contributed by atoms with Crippen molar-refractivity contribution in [2.45, 2.75) is 265 Å². The number of carbonyl (C=O) groups excluding carboxylic acids is 4. The number of rotatable bonds is 40. The lowest BCUT2D eigenvalue weighted by Crippen LogP contribution is -2.35. The highest BCUT2D eigenvalue weighted by molar-refractivity contribution is 5.86. The quantitative estimate of drug-likeness (QED) is 0.0259. The molecule has 0 aromatic rings. The Labute approximate surface area is 470 Å². The monoisotopic (exact) mass is 1070 g/mol. The molecule has 0 aromatic heterocycles. The van der Waals surface area contributed by atoms with E-state index < -0.39 is 0 Å². The number of esters is 4. The van der Waals surface area contributed by atoms with Crippen LogP contribution in [0.1, 0.15) is 265 Å². The highest BCUT2D eigenvalue weighted by Gasteiger charge is 2.57. The minimum Gasteiger partial charge on any atom is -0.465 e. The third-order valence-corrected chi connectivity index (χ3v) is 22.1. The average Bonchev–Trinajstić information content (AvgIpc) is 4.41. The lowest BCUT2D eigenvalue weighted by molar-refractivity contribution is -0.146. The summed E-state index contributed by atoms with van der Waals surface area (Å²) < 4.78 is 22.8. The molecule has 15 unspecified atom stereocenters. The van der Waals surface area contributed by atoms with Crippen LogP contribution in [0.4, 0.5) is 0 Å². The van der Waals surface area contributed by atoms with Gasteiger partial charge in [0.15, 0.2) is 0 Å². The molecule has 7 aliphatic rings. The molecule has 4 bridgehead atoms. The van der Waals surface area contributed by atoms with Crippen molar-refractivity contribution >= 4 is 23.9 Å². The van der Waals surface area contributed by atoms with Crippen LogP contribution in [0.3, 0.4) is 0 Å². The van der Waals surface area contributed by atoms with Crippen molar-refractivity contribution < 1.29 is 38.1 Å². The molecule has 77 heavy (non-hydrogen) atoms. The van der Waals surface area contributed by atoms with Crippen molar-refractivity contribution in [3.63, 3.8) is 0 Å². The molecule has 7 saturated carbocycles. The fourth-order valence-corrected chi connectivity index (χ4v) is 18.3. The van der Waals surface area contributed by atoms with Crippen molar-refractivity contribution in [2.24, 2.45) is 94.7 Å². The van der Waals surface area contributed by atoms with Crippen molar-refractivity contribution in [1.82, 2.24) is 0 Å². The Kier molecular flexibility index (Phi) is 26.8. The van der Waals surface area contributed by atoms with Crippen LogP contribution in [0.25, 0.3) is 0 Å². The van der Waals surface area contributed by atoms with E-state index in [0.29, 0.717) is 92.2 Å². The largest absolute Gasteiger partial charge is 0.465 e. The average molecular weight is 1070 g/mol. The molecule has 0 aromatic carbocycles. The molecule has 16 atom stereocenters. The van der Waals surface area contributed by atoms with Gasteiger partial charge in [0.05, 0.1) is 26.4 Å². The van der Waals surface area contributed by atoms with E-state index in [4.69, 9.17) is 18.9 Å². The second kappa shape index (κ2) is 33.3. The zero-order chi connectivity index (χ0) is 54.4. The van der Waals surface area contributed by atoms with E-state index in [-0.39, 0.29) is 23.9 Å². The van der Waals surface area contributed by atoms with Crippen LogP contribution in [0, 0.1) is 94.7 Å². The van der Waals surface area contributed by atoms with E-state index in [1.54, 1.807) is 6.92 Å². The molecule has 8 nitrogen and oxygen atoms in total. The summed E-state index contributed by atoms with van der Waals surface area (Å²) in [4.78, 5) is 49.4. The zero-order valence-electron chi connectivity index (χ0n) is 49.7. The maximum Gasteiger partial charge on any atom is 0.333 e. The predicted octanol–water partition coefficient (Wildman–Crippen LogP) is 17.7. The fraction of sp³-hybridized carbons (Fsp3) is 0.884. The molecule has 7 rings (SSSR count). The summed E-state index contributed by atoms with van der Waals surface area (Å²) in [7, 11) is 0. The summed E-state index contributed by atoms with van der Waals surface area (Å²) in [5, 5.41) is 0. The lowest BCUT2D eigenvalue weighted by atomic mass is 9.61. The smallest absolute Gasteiger partial charge is 0.333 e. The SMILES string of the molecule is C=CC(=O)OCC1CC2C3CC(CC3COC(=O)CCCCCCCCC3C(CCCCCCCC)CCC(CCCCCC)C3CCCCCCCCC(=O)OCC3CC4C5CC(COC(=O)C(=C)C)C(C5)C4C3)[C@H]2C1. The van der Waals surface area contributed by atoms with Crippen LogP contribution < -0.4 is 0 Å². The standard InChI is InChI=1S/C69H114O8/c1-6-9-11-13-18-24-30-53-36-35-52(29-23-12-10-7-2)58(31-25-19-14-16-21-27-33-67(71)75-46-51-38-61-55-42-57(48-77-69(73)49(4)5)63(44-55)65(61)40-51)59(53)32-26-20-15-17-22-28-34-68(72)76-47-56-41-54-43-62(56)64-39-50(37-60(54)64)45-74-66(70)8-3/h8,50-65H,3-4,6-7,9-48H2,1-2,5H3/t50?,51?,52?,53?,54?,55?,56?,57?,58?,59?,60-,61?,62?,63?,64?,65?/m1/s1. The Hall–Kier alpha value is -2.64. The Morgan fingerprint density at radius 2 is 0.805 bits per heavy atom. The van der Waals surface area contributed by atoms with Crippen molar-refractivity contribution in [3.8, 4) is 0 Å². The normalized spacial score (nSPS) is 32.5. The van der Waals surface area contributed by atoms with Crippen LogP contribution in [0.15, 0.2) is 24.8 Å². The topological polar surface area (TPSA) is 105 Å². The minimum absolute atomic E-state index is 0.00262. The van der Waals surface area contributed by atoms with Gasteiger partial charge in [0, 0.05) is 24.5 Å². The number of ether oxygens (including phenoxy) is 4. The van der Waals surface area contributed by atoms with E-state index in [9.17, 15) is 19.2 Å². The molecule has 438 valence electrons. The van der Waals surface area contributed by atoms with Crippen molar-refractivity contribution in [3.05, 3.63) is 24.8 Å². The Bertz CT molecular complexity index is 1790. The number of unbranched alkanes of at least 4 members (excludes halogenated alkanes) is 18. The number of hydrogen-bond acceptors (Lipinski definition) is 8. The van der Waals surface area contributed by atoms with Gasteiger partial charge in [-0.25, -0.2) is 9.59 Å². The van der Waals surface area contributed by atoms with Crippen LogP contribution in [-0.4, -0.2) is 50.3 Å². The van der Waals surface area contributed by atoms with Crippen molar-refractivity contribution in [2.75, 3.05) is 26.4 Å². The molecule has 0 aliphatic heterocycles. The molecule has 7 aliphatic carbocycles. The van der Waals surface area contributed by atoms with Gasteiger partial charge in [-0.3, -0.25) is 9.59 Å². The molecule has 0 spiro atoms. The summed E-state index contributed by atoms with van der Waals surface area (Å²) in [6.45, 7) is 15.9. The molecule has 0 saturated heterocycles. The Morgan fingerprint density at radius 3 is 1.27 bits per heavy atom. The third-order valence-electron chi connectivity index (χ3n) is 22.1. The maximum absolute atomic E-state index is 12.9.